The lowest BCUT2D eigenvalue weighted by atomic mass is 9.59. The van der Waals surface area contributed by atoms with Crippen LogP contribution in [0.25, 0.3) is 33.6 Å². The van der Waals surface area contributed by atoms with Crippen molar-refractivity contribution < 1.29 is 40.0 Å². The Hall–Kier alpha value is -4.46. The number of furan rings is 1. The van der Waals surface area contributed by atoms with Gasteiger partial charge in [0, 0.05) is 29.3 Å². The normalized spacial score (nSPS) is 19.4. The van der Waals surface area contributed by atoms with E-state index in [0.717, 1.165) is 44.2 Å². The summed E-state index contributed by atoms with van der Waals surface area (Å²) in [7, 11) is -3.20. The van der Waals surface area contributed by atoms with E-state index in [1.54, 1.807) is 6.07 Å². The number of amides is 2. The van der Waals surface area contributed by atoms with Crippen LogP contribution in [0.3, 0.4) is 0 Å². The van der Waals surface area contributed by atoms with E-state index >= 15 is 0 Å². The van der Waals surface area contributed by atoms with Gasteiger partial charge in [0.15, 0.2) is 5.82 Å². The van der Waals surface area contributed by atoms with E-state index in [-0.39, 0.29) is 60.4 Å². The third kappa shape index (κ3) is 6.05. The molecule has 4 aromatic rings. The molecule has 2 heterocycles. The fraction of sp³-hybridized carbons (Fsp3) is 0.344. The zero-order valence-electron chi connectivity index (χ0n) is 24.9. The molecule has 3 saturated carbocycles. The lowest BCUT2D eigenvalue weighted by molar-refractivity contribution is -0.117. The van der Waals surface area contributed by atoms with Crippen molar-refractivity contribution in [2.45, 2.75) is 43.8 Å². The molecule has 0 saturated heterocycles. The standard InChI is InChI=1S/C32H30F4N4O5S/c1-37-29(42)25-24-14-23(20-6-3-7-21(13-20)28(41)39-31-12-4-5-18(15-31)16-31)27(40(46(2,43)44)17-32(34,35)36)38-30(24)45-26(25)19-8-10-22(33)11-9-19/h3,6-11,13-14,18H,4-5,12,15-17H2,1-2H3,(H,37,42)(H,39,41). The van der Waals surface area contributed by atoms with E-state index < -0.39 is 40.3 Å². The van der Waals surface area contributed by atoms with Crippen molar-refractivity contribution in [3.05, 3.63) is 71.5 Å². The van der Waals surface area contributed by atoms with Gasteiger partial charge in [-0.05, 0) is 73.2 Å². The molecule has 3 fully saturated rings. The van der Waals surface area contributed by atoms with Gasteiger partial charge in [-0.15, -0.1) is 0 Å². The third-order valence-corrected chi connectivity index (χ3v) is 9.73. The Morgan fingerprint density at radius 2 is 1.78 bits per heavy atom. The average molecular weight is 659 g/mol. The number of hydrogen-bond acceptors (Lipinski definition) is 6. The molecule has 9 nitrogen and oxygen atoms in total. The largest absolute Gasteiger partial charge is 0.437 e. The minimum absolute atomic E-state index is 0.0454. The number of hydrogen-bond donors (Lipinski definition) is 2. The monoisotopic (exact) mass is 658 g/mol. The van der Waals surface area contributed by atoms with E-state index in [9.17, 15) is 35.6 Å². The first kappa shape index (κ1) is 31.5. The highest BCUT2D eigenvalue weighted by atomic mass is 32.2. The van der Waals surface area contributed by atoms with Gasteiger partial charge in [0.1, 0.15) is 18.1 Å². The Balaban J connectivity index is 1.55. The minimum Gasteiger partial charge on any atom is -0.437 e. The first-order valence-electron chi connectivity index (χ1n) is 14.6. The lowest BCUT2D eigenvalue weighted by Gasteiger charge is -2.52. The molecule has 242 valence electrons. The predicted molar refractivity (Wildman–Crippen MR) is 163 cm³/mol. The maximum Gasteiger partial charge on any atom is 0.407 e. The lowest BCUT2D eigenvalue weighted by Crippen LogP contribution is -2.59. The maximum atomic E-state index is 13.8. The quantitative estimate of drug-likeness (QED) is 0.223. The molecular formula is C32H30F4N4O5S. The number of anilines is 1. The van der Waals surface area contributed by atoms with Crippen LogP contribution < -0.4 is 14.9 Å². The first-order valence-corrected chi connectivity index (χ1v) is 16.4. The van der Waals surface area contributed by atoms with Crippen LogP contribution in [0.2, 0.25) is 0 Å². The van der Waals surface area contributed by atoms with Crippen LogP contribution in [0.4, 0.5) is 23.4 Å². The van der Waals surface area contributed by atoms with Gasteiger partial charge in [0.25, 0.3) is 11.8 Å². The highest BCUT2D eigenvalue weighted by Gasteiger charge is 2.48. The SMILES string of the molecule is CNC(=O)c1c(-c2ccc(F)cc2)oc2nc(N(CC(F)(F)F)S(C)(=O)=O)c(-c3cccc(C(=O)NC45CCCC(C4)C5)c3)cc12. The average Bonchev–Trinajstić information content (AvgIpc) is 3.36. The van der Waals surface area contributed by atoms with Crippen molar-refractivity contribution in [3.63, 3.8) is 0 Å². The molecule has 2 N–H and O–H groups in total. The van der Waals surface area contributed by atoms with Crippen LogP contribution in [-0.2, 0) is 10.0 Å². The van der Waals surface area contributed by atoms with Crippen LogP contribution in [-0.4, -0.2) is 56.8 Å². The number of aromatic nitrogens is 1. The van der Waals surface area contributed by atoms with Gasteiger partial charge in [0.05, 0.1) is 17.2 Å². The summed E-state index contributed by atoms with van der Waals surface area (Å²) in [6, 6.07) is 12.4. The van der Waals surface area contributed by atoms with Gasteiger partial charge in [0.2, 0.25) is 15.7 Å². The van der Waals surface area contributed by atoms with Gasteiger partial charge < -0.3 is 15.1 Å². The second-order valence-corrected chi connectivity index (χ2v) is 13.9. The van der Waals surface area contributed by atoms with Gasteiger partial charge in [-0.2, -0.15) is 18.2 Å². The summed E-state index contributed by atoms with van der Waals surface area (Å²) in [6.07, 6.45) is 0.462. The number of fused-ring (bicyclic) bond motifs is 3. The molecule has 14 heteroatoms. The molecule has 0 radical (unpaired) electrons. The molecule has 2 aromatic heterocycles. The molecule has 0 spiro atoms. The Bertz CT molecular complexity index is 1950. The number of nitrogens with zero attached hydrogens (tertiary/aromatic N) is 2. The van der Waals surface area contributed by atoms with Crippen molar-refractivity contribution in [1.82, 2.24) is 15.6 Å². The molecule has 2 bridgehead atoms. The smallest absolute Gasteiger partial charge is 0.407 e. The molecular weight excluding hydrogens is 628 g/mol. The van der Waals surface area contributed by atoms with Gasteiger partial charge >= 0.3 is 6.18 Å². The van der Waals surface area contributed by atoms with Crippen molar-refractivity contribution in [1.29, 1.82) is 0 Å². The minimum atomic E-state index is -4.95. The number of pyridine rings is 1. The number of halogens is 4. The highest BCUT2D eigenvalue weighted by molar-refractivity contribution is 7.92. The molecule has 2 amide bonds. The van der Waals surface area contributed by atoms with Crippen LogP contribution in [0.1, 0.15) is 52.8 Å². The first-order chi connectivity index (χ1) is 21.7. The molecule has 0 atom stereocenters. The summed E-state index contributed by atoms with van der Waals surface area (Å²) in [6.45, 7) is -1.89. The Kier molecular flexibility index (Phi) is 7.82. The van der Waals surface area contributed by atoms with Crippen molar-refractivity contribution in [2.75, 3.05) is 24.2 Å². The fourth-order valence-corrected chi connectivity index (χ4v) is 7.41. The predicted octanol–water partition coefficient (Wildman–Crippen LogP) is 6.05. The Morgan fingerprint density at radius 3 is 2.39 bits per heavy atom. The summed E-state index contributed by atoms with van der Waals surface area (Å²) in [4.78, 5) is 30.8. The Morgan fingerprint density at radius 1 is 1.07 bits per heavy atom. The van der Waals surface area contributed by atoms with Crippen LogP contribution in [0.15, 0.2) is 59.0 Å². The molecule has 0 aliphatic heterocycles. The topological polar surface area (TPSA) is 122 Å². The second-order valence-electron chi connectivity index (χ2n) is 12.0. The molecule has 0 unspecified atom stereocenters. The molecule has 7 rings (SSSR count). The zero-order valence-corrected chi connectivity index (χ0v) is 25.7. The maximum absolute atomic E-state index is 13.8. The summed E-state index contributed by atoms with van der Waals surface area (Å²) in [5.41, 5.74) is -0.0545. The third-order valence-electron chi connectivity index (χ3n) is 8.62. The van der Waals surface area contributed by atoms with Crippen LogP contribution >= 0.6 is 0 Å². The van der Waals surface area contributed by atoms with Crippen molar-refractivity contribution in [3.8, 4) is 22.5 Å². The zero-order chi connectivity index (χ0) is 33.0. The van der Waals surface area contributed by atoms with Gasteiger partial charge in [-0.25, -0.2) is 17.1 Å². The molecule has 3 aliphatic rings. The Labute approximate surface area is 262 Å². The van der Waals surface area contributed by atoms with E-state index in [0.29, 0.717) is 12.2 Å². The number of sulfonamides is 1. The number of nitrogens with one attached hydrogen (secondary N) is 2. The summed E-state index contributed by atoms with van der Waals surface area (Å²) in [5, 5.41) is 5.69. The number of alkyl halides is 3. The number of benzene rings is 2. The van der Waals surface area contributed by atoms with E-state index in [1.807, 2.05) is 0 Å². The van der Waals surface area contributed by atoms with Gasteiger partial charge in [-0.3, -0.25) is 9.59 Å². The van der Waals surface area contributed by atoms with Crippen LogP contribution in [0, 0.1) is 11.7 Å². The van der Waals surface area contributed by atoms with Crippen LogP contribution in [0.5, 0.6) is 0 Å². The molecule has 3 aliphatic carbocycles. The van der Waals surface area contributed by atoms with E-state index in [1.165, 1.54) is 43.4 Å². The van der Waals surface area contributed by atoms with Crippen molar-refractivity contribution in [2.24, 2.45) is 5.92 Å². The fourth-order valence-electron chi connectivity index (χ4n) is 6.57. The second kappa shape index (κ2) is 11.4. The molecule has 2 aromatic carbocycles. The van der Waals surface area contributed by atoms with Crippen molar-refractivity contribution >= 4 is 38.8 Å². The molecule has 46 heavy (non-hydrogen) atoms. The number of carbonyl (C=O) groups is 2. The summed E-state index contributed by atoms with van der Waals surface area (Å²) >= 11 is 0. The highest BCUT2D eigenvalue weighted by Crippen LogP contribution is 2.49. The van der Waals surface area contributed by atoms with E-state index in [2.05, 4.69) is 15.6 Å². The number of rotatable bonds is 8. The van der Waals surface area contributed by atoms with Gasteiger partial charge in [-0.1, -0.05) is 25.0 Å². The summed E-state index contributed by atoms with van der Waals surface area (Å²) < 4.78 is 86.7. The summed E-state index contributed by atoms with van der Waals surface area (Å²) in [5.74, 6) is -1.62. The van der Waals surface area contributed by atoms with E-state index in [4.69, 9.17) is 4.42 Å². The number of carbonyl (C=O) groups excluding carboxylic acids is 2.